The highest BCUT2D eigenvalue weighted by molar-refractivity contribution is 7.88. The Labute approximate surface area is 88.3 Å². The van der Waals surface area contributed by atoms with E-state index in [0.29, 0.717) is 11.1 Å². The Bertz CT molecular complexity index is 459. The number of nitrogens with zero attached hydrogens (tertiary/aromatic N) is 1. The third-order valence-electron chi connectivity index (χ3n) is 1.65. The monoisotopic (exact) mass is 226 g/mol. The number of hydrogen-bond acceptors (Lipinski definition) is 4. The van der Waals surface area contributed by atoms with Gasteiger partial charge in [-0.05, 0) is 17.7 Å². The van der Waals surface area contributed by atoms with Crippen LogP contribution in [-0.4, -0.2) is 15.5 Å². The largest absolute Gasteiger partial charge is 0.290 e. The third-order valence-corrected chi connectivity index (χ3v) is 2.78. The highest BCUT2D eigenvalue weighted by atomic mass is 32.2. The van der Waals surface area contributed by atoms with Crippen LogP contribution in [0.15, 0.2) is 24.3 Å². The molecule has 1 aromatic rings. The Morgan fingerprint density at radius 2 is 2.00 bits per heavy atom. The summed E-state index contributed by atoms with van der Waals surface area (Å²) >= 11 is 0. The fourth-order valence-electron chi connectivity index (χ4n) is 1.05. The molecule has 0 radical (unpaired) electrons. The summed E-state index contributed by atoms with van der Waals surface area (Å²) in [5.41, 5.74) is 1.09. The summed E-state index contributed by atoms with van der Waals surface area (Å²) in [6, 6.07) is 8.27. The van der Waals surface area contributed by atoms with Crippen molar-refractivity contribution in [3.8, 4) is 6.07 Å². The van der Waals surface area contributed by atoms with Gasteiger partial charge in [0.05, 0.1) is 24.5 Å². The Kier molecular flexibility index (Phi) is 3.80. The van der Waals surface area contributed by atoms with E-state index in [9.17, 15) is 8.42 Å². The van der Waals surface area contributed by atoms with E-state index < -0.39 is 10.0 Å². The van der Waals surface area contributed by atoms with Crippen LogP contribution in [0.1, 0.15) is 11.1 Å². The van der Waals surface area contributed by atoms with Gasteiger partial charge in [0, 0.05) is 0 Å². The maximum atomic E-state index is 11.3. The smallest absolute Gasteiger partial charge is 0.237 e. The van der Waals surface area contributed by atoms with E-state index in [0.717, 1.165) is 0 Å². The Morgan fingerprint density at radius 3 is 2.47 bits per heavy atom. The zero-order chi connectivity index (χ0) is 11.3. The van der Waals surface area contributed by atoms with Crippen molar-refractivity contribution in [3.05, 3.63) is 35.4 Å². The van der Waals surface area contributed by atoms with Crippen molar-refractivity contribution >= 4 is 10.0 Å². The lowest BCUT2D eigenvalue weighted by Gasteiger charge is -2.03. The normalized spacial score (nSPS) is 10.9. The molecule has 1 aromatic carbocycles. The van der Waals surface area contributed by atoms with Crippen LogP contribution in [-0.2, 0) is 20.6 Å². The van der Waals surface area contributed by atoms with Crippen LogP contribution in [0.25, 0.3) is 0 Å². The highest BCUT2D eigenvalue weighted by Crippen LogP contribution is 2.06. The van der Waals surface area contributed by atoms with Crippen LogP contribution in [0.3, 0.4) is 0 Å². The van der Waals surface area contributed by atoms with Gasteiger partial charge in [-0.1, -0.05) is 17.0 Å². The lowest BCUT2D eigenvalue weighted by Crippen LogP contribution is -2.23. The quantitative estimate of drug-likeness (QED) is 0.760. The molecule has 0 aliphatic carbocycles. The maximum Gasteiger partial charge on any atom is 0.237 e. The molecule has 0 aliphatic rings. The van der Waals surface area contributed by atoms with E-state index in [-0.39, 0.29) is 5.75 Å². The first-order valence-corrected chi connectivity index (χ1v) is 5.74. The van der Waals surface area contributed by atoms with E-state index in [1.54, 1.807) is 24.3 Å². The molecule has 0 fully saturated rings. The molecule has 6 heteroatoms. The first-order valence-electron chi connectivity index (χ1n) is 4.09. The molecule has 0 bridgehead atoms. The van der Waals surface area contributed by atoms with Crippen LogP contribution in [0.4, 0.5) is 0 Å². The van der Waals surface area contributed by atoms with Crippen LogP contribution < -0.4 is 4.89 Å². The lowest BCUT2D eigenvalue weighted by atomic mass is 10.2. The van der Waals surface area contributed by atoms with Gasteiger partial charge in [-0.3, -0.25) is 4.84 Å². The number of nitrogens with one attached hydrogen (secondary N) is 1. The summed E-state index contributed by atoms with van der Waals surface area (Å²) in [4.78, 5) is 6.24. The predicted molar refractivity (Wildman–Crippen MR) is 53.9 cm³/mol. The molecule has 0 aliphatic heterocycles. The lowest BCUT2D eigenvalue weighted by molar-refractivity contribution is 0.153. The molecule has 1 N–H and O–H groups in total. The fraction of sp³-hybridized carbons (Fsp3) is 0.222. The first kappa shape index (κ1) is 11.7. The summed E-state index contributed by atoms with van der Waals surface area (Å²) < 4.78 is 22.5. The minimum absolute atomic E-state index is 0.174. The number of rotatable bonds is 4. The molecule has 0 heterocycles. The number of sulfonamides is 1. The molecule has 1 rings (SSSR count). The molecular weight excluding hydrogens is 216 g/mol. The van der Waals surface area contributed by atoms with E-state index >= 15 is 0 Å². The van der Waals surface area contributed by atoms with Gasteiger partial charge in [0.15, 0.2) is 0 Å². The summed E-state index contributed by atoms with van der Waals surface area (Å²) in [5.74, 6) is -0.174. The predicted octanol–water partition coefficient (Wildman–Crippen LogP) is 0.539. The minimum atomic E-state index is -3.46. The Hall–Kier alpha value is -1.42. The van der Waals surface area contributed by atoms with Gasteiger partial charge < -0.3 is 0 Å². The molecular formula is C9H10N2O3S. The summed E-state index contributed by atoms with van der Waals surface area (Å²) in [6.45, 7) is 0. The summed E-state index contributed by atoms with van der Waals surface area (Å²) in [5, 5.41) is 8.54. The molecule has 0 amide bonds. The third kappa shape index (κ3) is 3.67. The van der Waals surface area contributed by atoms with Crippen molar-refractivity contribution in [2.45, 2.75) is 5.75 Å². The van der Waals surface area contributed by atoms with E-state index in [2.05, 4.69) is 4.84 Å². The minimum Gasteiger partial charge on any atom is -0.290 e. The first-order chi connectivity index (χ1) is 7.07. The average Bonchev–Trinajstić information content (AvgIpc) is 2.18. The van der Waals surface area contributed by atoms with Crippen molar-refractivity contribution in [2.75, 3.05) is 7.11 Å². The van der Waals surface area contributed by atoms with Crippen LogP contribution in [0.2, 0.25) is 0 Å². The zero-order valence-electron chi connectivity index (χ0n) is 8.10. The van der Waals surface area contributed by atoms with Gasteiger partial charge in [-0.15, -0.1) is 0 Å². The molecule has 5 nitrogen and oxygen atoms in total. The van der Waals surface area contributed by atoms with Crippen molar-refractivity contribution in [2.24, 2.45) is 0 Å². The maximum absolute atomic E-state index is 11.3. The number of hydrogen-bond donors (Lipinski definition) is 1. The van der Waals surface area contributed by atoms with Crippen molar-refractivity contribution in [1.29, 1.82) is 5.26 Å². The fourth-order valence-corrected chi connectivity index (χ4v) is 2.00. The van der Waals surface area contributed by atoms with Gasteiger partial charge in [0.25, 0.3) is 0 Å². The van der Waals surface area contributed by atoms with Crippen molar-refractivity contribution in [3.63, 3.8) is 0 Å². The number of nitriles is 1. The molecule has 0 saturated heterocycles. The second-order valence-electron chi connectivity index (χ2n) is 2.86. The van der Waals surface area contributed by atoms with E-state index in [1.807, 2.05) is 11.0 Å². The molecule has 0 unspecified atom stereocenters. The molecule has 15 heavy (non-hydrogen) atoms. The van der Waals surface area contributed by atoms with Gasteiger partial charge in [-0.25, -0.2) is 8.42 Å². The second-order valence-corrected chi connectivity index (χ2v) is 4.54. The summed E-state index contributed by atoms with van der Waals surface area (Å²) in [6.07, 6.45) is 0. The van der Waals surface area contributed by atoms with Gasteiger partial charge >= 0.3 is 0 Å². The van der Waals surface area contributed by atoms with Crippen LogP contribution >= 0.6 is 0 Å². The van der Waals surface area contributed by atoms with E-state index in [1.165, 1.54) is 7.11 Å². The van der Waals surface area contributed by atoms with Crippen LogP contribution in [0, 0.1) is 11.3 Å². The zero-order valence-corrected chi connectivity index (χ0v) is 8.91. The topological polar surface area (TPSA) is 79.2 Å². The SMILES string of the molecule is CONS(=O)(=O)Cc1ccc(C#N)cc1. The van der Waals surface area contributed by atoms with Crippen LogP contribution in [0.5, 0.6) is 0 Å². The Balaban J connectivity index is 2.78. The highest BCUT2D eigenvalue weighted by Gasteiger charge is 2.10. The molecule has 0 atom stereocenters. The molecule has 0 spiro atoms. The molecule has 80 valence electrons. The second kappa shape index (κ2) is 4.89. The van der Waals surface area contributed by atoms with Gasteiger partial charge in [0.1, 0.15) is 0 Å². The standard InChI is InChI=1S/C9H10N2O3S/c1-14-11-15(12,13)7-9-4-2-8(6-10)3-5-9/h2-5,11H,7H2,1H3. The number of benzene rings is 1. The van der Waals surface area contributed by atoms with Crippen molar-refractivity contribution < 1.29 is 13.3 Å². The van der Waals surface area contributed by atoms with E-state index in [4.69, 9.17) is 5.26 Å². The summed E-state index contributed by atoms with van der Waals surface area (Å²) in [7, 11) is -2.23. The van der Waals surface area contributed by atoms with Crippen molar-refractivity contribution in [1.82, 2.24) is 4.89 Å². The van der Waals surface area contributed by atoms with Gasteiger partial charge in [-0.2, -0.15) is 5.26 Å². The Morgan fingerprint density at radius 1 is 1.40 bits per heavy atom. The van der Waals surface area contributed by atoms with Gasteiger partial charge in [0.2, 0.25) is 10.0 Å². The average molecular weight is 226 g/mol. The molecule has 0 saturated carbocycles. The molecule has 0 aromatic heterocycles.